The van der Waals surface area contributed by atoms with Gasteiger partial charge in [-0.1, -0.05) is 25.1 Å². The highest BCUT2D eigenvalue weighted by Gasteiger charge is 2.14. The smallest absolute Gasteiger partial charge is 0.267 e. The Morgan fingerprint density at radius 3 is 2.69 bits per heavy atom. The molecule has 1 aliphatic heterocycles. The summed E-state index contributed by atoms with van der Waals surface area (Å²) in [5, 5.41) is 7.22. The van der Waals surface area contributed by atoms with E-state index in [1.165, 1.54) is 6.07 Å². The zero-order valence-corrected chi connectivity index (χ0v) is 16.1. The van der Waals surface area contributed by atoms with Crippen molar-refractivity contribution in [2.24, 2.45) is 0 Å². The molecule has 0 radical (unpaired) electrons. The molecule has 1 amide bonds. The van der Waals surface area contributed by atoms with E-state index in [2.05, 4.69) is 10.4 Å². The summed E-state index contributed by atoms with van der Waals surface area (Å²) < 4.78 is 12.3. The number of nitrogens with one attached hydrogen (secondary N) is 1. The Bertz CT molecular complexity index is 1110. The maximum absolute atomic E-state index is 12.5. The van der Waals surface area contributed by atoms with Crippen molar-refractivity contribution in [1.29, 1.82) is 0 Å². The number of aryl methyl sites for hydroxylation is 1. The molecule has 148 valence electrons. The van der Waals surface area contributed by atoms with Crippen molar-refractivity contribution in [3.05, 3.63) is 70.5 Å². The molecule has 29 heavy (non-hydrogen) atoms. The summed E-state index contributed by atoms with van der Waals surface area (Å²) in [6, 6.07) is 16.1. The molecule has 1 N–H and O–H groups in total. The molecule has 0 saturated heterocycles. The van der Waals surface area contributed by atoms with E-state index < -0.39 is 0 Å². The van der Waals surface area contributed by atoms with Crippen LogP contribution in [-0.2, 0) is 17.8 Å². The lowest BCUT2D eigenvalue weighted by molar-refractivity contribution is -0.117. The van der Waals surface area contributed by atoms with Crippen LogP contribution in [0.3, 0.4) is 0 Å². The first-order chi connectivity index (χ1) is 14.1. The Morgan fingerprint density at radius 1 is 1.07 bits per heavy atom. The summed E-state index contributed by atoms with van der Waals surface area (Å²) in [4.78, 5) is 24.7. The predicted molar refractivity (Wildman–Crippen MR) is 109 cm³/mol. The Kier molecular flexibility index (Phi) is 5.29. The van der Waals surface area contributed by atoms with Gasteiger partial charge >= 0.3 is 0 Å². The lowest BCUT2D eigenvalue weighted by Crippen LogP contribution is -2.29. The number of carbonyl (C=O) groups is 1. The number of hydrogen-bond donors (Lipinski definition) is 1. The molecule has 0 saturated carbocycles. The van der Waals surface area contributed by atoms with E-state index >= 15 is 0 Å². The first kappa shape index (κ1) is 18.7. The molecular weight excluding hydrogens is 370 g/mol. The van der Waals surface area contributed by atoms with Crippen LogP contribution in [0.2, 0.25) is 0 Å². The Morgan fingerprint density at radius 2 is 1.86 bits per heavy atom. The molecule has 1 aromatic heterocycles. The zero-order valence-electron chi connectivity index (χ0n) is 16.1. The van der Waals surface area contributed by atoms with Gasteiger partial charge in [0.1, 0.15) is 19.8 Å². The standard InChI is InChI=1S/C22H21N3O4/c1-2-15-5-3-4-6-17(15)23-21(26)14-25-22(27)10-8-18(24-25)16-7-9-19-20(13-16)29-12-11-28-19/h3-10,13H,2,11-12,14H2,1H3,(H,23,26). The van der Waals surface area contributed by atoms with E-state index in [1.54, 1.807) is 6.07 Å². The number of para-hydroxylation sites is 1. The van der Waals surface area contributed by atoms with Crippen molar-refractivity contribution in [3.63, 3.8) is 0 Å². The molecular formula is C22H21N3O4. The van der Waals surface area contributed by atoms with Gasteiger partial charge in [0, 0.05) is 17.3 Å². The number of nitrogens with zero attached hydrogens (tertiary/aromatic N) is 2. The summed E-state index contributed by atoms with van der Waals surface area (Å²) >= 11 is 0. The first-order valence-electron chi connectivity index (χ1n) is 9.50. The van der Waals surface area contributed by atoms with Crippen LogP contribution in [0.25, 0.3) is 11.3 Å². The lowest BCUT2D eigenvalue weighted by Gasteiger charge is -2.18. The molecule has 2 heterocycles. The second kappa shape index (κ2) is 8.18. The number of aromatic nitrogens is 2. The van der Waals surface area contributed by atoms with Crippen molar-refractivity contribution in [2.75, 3.05) is 18.5 Å². The molecule has 7 heteroatoms. The second-order valence-corrected chi connectivity index (χ2v) is 6.63. The fourth-order valence-electron chi connectivity index (χ4n) is 3.20. The van der Waals surface area contributed by atoms with Gasteiger partial charge in [-0.05, 0) is 42.3 Å². The minimum Gasteiger partial charge on any atom is -0.486 e. The number of amides is 1. The summed E-state index contributed by atoms with van der Waals surface area (Å²) in [5.74, 6) is 1.02. The van der Waals surface area contributed by atoms with Gasteiger partial charge in [-0.25, -0.2) is 4.68 Å². The molecule has 0 spiro atoms. The number of anilines is 1. The van der Waals surface area contributed by atoms with E-state index in [1.807, 2.05) is 49.4 Å². The molecule has 0 aliphatic carbocycles. The number of ether oxygens (including phenoxy) is 2. The first-order valence-corrected chi connectivity index (χ1v) is 9.50. The molecule has 0 unspecified atom stereocenters. The topological polar surface area (TPSA) is 82.5 Å². The van der Waals surface area contributed by atoms with Crippen molar-refractivity contribution >= 4 is 11.6 Å². The number of rotatable bonds is 5. The molecule has 7 nitrogen and oxygen atoms in total. The van der Waals surface area contributed by atoms with Crippen LogP contribution in [0, 0.1) is 0 Å². The van der Waals surface area contributed by atoms with Crippen molar-refractivity contribution < 1.29 is 14.3 Å². The van der Waals surface area contributed by atoms with Gasteiger partial charge in [0.25, 0.3) is 5.56 Å². The molecule has 0 atom stereocenters. The van der Waals surface area contributed by atoms with Gasteiger partial charge in [0.15, 0.2) is 11.5 Å². The second-order valence-electron chi connectivity index (χ2n) is 6.63. The molecule has 0 bridgehead atoms. The van der Waals surface area contributed by atoms with Gasteiger partial charge in [0.2, 0.25) is 5.91 Å². The van der Waals surface area contributed by atoms with Crippen molar-refractivity contribution in [2.45, 2.75) is 19.9 Å². The van der Waals surface area contributed by atoms with E-state index in [0.29, 0.717) is 30.4 Å². The van der Waals surface area contributed by atoms with Crippen LogP contribution in [0.4, 0.5) is 5.69 Å². The van der Waals surface area contributed by atoms with Crippen LogP contribution < -0.4 is 20.3 Å². The number of benzene rings is 2. The fourth-order valence-corrected chi connectivity index (χ4v) is 3.20. The third-order valence-electron chi connectivity index (χ3n) is 4.67. The van der Waals surface area contributed by atoms with Gasteiger partial charge < -0.3 is 14.8 Å². The highest BCUT2D eigenvalue weighted by molar-refractivity contribution is 5.91. The highest BCUT2D eigenvalue weighted by Crippen LogP contribution is 2.33. The monoisotopic (exact) mass is 391 g/mol. The van der Waals surface area contributed by atoms with Crippen LogP contribution >= 0.6 is 0 Å². The average Bonchev–Trinajstić information content (AvgIpc) is 2.75. The summed E-state index contributed by atoms with van der Waals surface area (Å²) in [6.45, 7) is 2.86. The van der Waals surface area contributed by atoms with Crippen molar-refractivity contribution in [3.8, 4) is 22.8 Å². The van der Waals surface area contributed by atoms with E-state index in [-0.39, 0.29) is 18.0 Å². The quantitative estimate of drug-likeness (QED) is 0.723. The molecule has 4 rings (SSSR count). The van der Waals surface area contributed by atoms with Gasteiger partial charge in [-0.15, -0.1) is 0 Å². The van der Waals surface area contributed by atoms with E-state index in [0.717, 1.165) is 27.9 Å². The third kappa shape index (κ3) is 4.13. The van der Waals surface area contributed by atoms with E-state index in [9.17, 15) is 9.59 Å². The van der Waals surface area contributed by atoms with E-state index in [4.69, 9.17) is 9.47 Å². The van der Waals surface area contributed by atoms with Crippen molar-refractivity contribution in [1.82, 2.24) is 9.78 Å². The average molecular weight is 391 g/mol. The minimum atomic E-state index is -0.342. The number of carbonyl (C=O) groups excluding carboxylic acids is 1. The minimum absolute atomic E-state index is 0.171. The Labute approximate surface area is 167 Å². The highest BCUT2D eigenvalue weighted by atomic mass is 16.6. The Balaban J connectivity index is 1.56. The molecule has 3 aromatic rings. The van der Waals surface area contributed by atoms with Crippen LogP contribution in [0.5, 0.6) is 11.5 Å². The van der Waals surface area contributed by atoms with Crippen LogP contribution in [0.1, 0.15) is 12.5 Å². The Hall–Kier alpha value is -3.61. The number of fused-ring (bicyclic) bond motifs is 1. The van der Waals surface area contributed by atoms with Crippen LogP contribution in [0.15, 0.2) is 59.4 Å². The summed E-state index contributed by atoms with van der Waals surface area (Å²) in [6.07, 6.45) is 0.800. The summed E-state index contributed by atoms with van der Waals surface area (Å²) in [5.41, 5.74) is 2.79. The van der Waals surface area contributed by atoms with Gasteiger partial charge in [-0.2, -0.15) is 5.10 Å². The van der Waals surface area contributed by atoms with Gasteiger partial charge in [-0.3, -0.25) is 9.59 Å². The maximum atomic E-state index is 12.5. The van der Waals surface area contributed by atoms with Crippen LogP contribution in [-0.4, -0.2) is 28.9 Å². The third-order valence-corrected chi connectivity index (χ3v) is 4.67. The number of hydrogen-bond acceptors (Lipinski definition) is 5. The maximum Gasteiger partial charge on any atom is 0.267 e. The zero-order chi connectivity index (χ0) is 20.2. The predicted octanol–water partition coefficient (Wildman–Crippen LogP) is 2.88. The lowest BCUT2D eigenvalue weighted by atomic mass is 10.1. The molecule has 0 fully saturated rings. The summed E-state index contributed by atoms with van der Waals surface area (Å²) in [7, 11) is 0. The van der Waals surface area contributed by atoms with Gasteiger partial charge in [0.05, 0.1) is 5.69 Å². The molecule has 2 aromatic carbocycles. The SMILES string of the molecule is CCc1ccccc1NC(=O)Cn1nc(-c2ccc3c(c2)OCCO3)ccc1=O. The normalized spacial score (nSPS) is 12.4. The fraction of sp³-hybridized carbons (Fsp3) is 0.227. The molecule has 1 aliphatic rings. The largest absolute Gasteiger partial charge is 0.486 e.